The van der Waals surface area contributed by atoms with Gasteiger partial charge in [0.1, 0.15) is 35.9 Å². The van der Waals surface area contributed by atoms with E-state index in [1.54, 1.807) is 0 Å². The topological polar surface area (TPSA) is 165 Å². The molecule has 1 saturated heterocycles. The molecule has 1 aliphatic rings. The van der Waals surface area contributed by atoms with Crippen LogP contribution in [-0.2, 0) is 25.5 Å². The first kappa shape index (κ1) is 18.1. The summed E-state index contributed by atoms with van der Waals surface area (Å²) in [6, 6.07) is 0. The third kappa shape index (κ3) is 4.79. The Kier molecular flexibility index (Phi) is 6.63. The van der Waals surface area contributed by atoms with E-state index in [0.717, 1.165) is 0 Å². The predicted molar refractivity (Wildman–Crippen MR) is 69.5 cm³/mol. The van der Waals surface area contributed by atoms with Gasteiger partial charge in [0.05, 0.1) is 13.2 Å². The van der Waals surface area contributed by atoms with E-state index in [1.165, 1.54) is 0 Å². The second kappa shape index (κ2) is 7.33. The summed E-state index contributed by atoms with van der Waals surface area (Å²) in [6.07, 6.45) is -5.13. The number of aliphatic hydroxyl groups is 5. The molecule has 20 heavy (non-hydrogen) atoms. The predicted octanol–water partition coefficient (Wildman–Crippen LogP) is -3.76. The minimum atomic E-state index is -4.82. The fourth-order valence-electron chi connectivity index (χ4n) is 1.99. The maximum absolute atomic E-state index is 10.6. The maximum Gasteiger partial charge on any atom is 0.397 e. The van der Waals surface area contributed by atoms with Crippen LogP contribution >= 0.6 is 0 Å². The molecular formula is C9H19O9S2+. The Labute approximate surface area is 119 Å². The van der Waals surface area contributed by atoms with Gasteiger partial charge in [-0.2, -0.15) is 8.42 Å². The SMILES string of the molecule is O=S(=O)(O)O[C@@H](CO)[C@H](O)C[S@+]1C[C@@H](O)[C@H](O)[C@H]1CO. The third-order valence-electron chi connectivity index (χ3n) is 3.01. The van der Waals surface area contributed by atoms with Crippen molar-refractivity contribution in [1.29, 1.82) is 0 Å². The van der Waals surface area contributed by atoms with Gasteiger partial charge in [0, 0.05) is 10.9 Å². The van der Waals surface area contributed by atoms with Crippen molar-refractivity contribution in [3.8, 4) is 0 Å². The van der Waals surface area contributed by atoms with Crippen molar-refractivity contribution in [1.82, 2.24) is 0 Å². The van der Waals surface area contributed by atoms with E-state index in [0.29, 0.717) is 0 Å². The van der Waals surface area contributed by atoms with Gasteiger partial charge in [-0.15, -0.1) is 0 Å². The van der Waals surface area contributed by atoms with Gasteiger partial charge in [0.25, 0.3) is 0 Å². The van der Waals surface area contributed by atoms with Crippen LogP contribution < -0.4 is 0 Å². The Morgan fingerprint density at radius 3 is 2.35 bits per heavy atom. The average molecular weight is 335 g/mol. The molecule has 1 rings (SSSR count). The second-order valence-corrected chi connectivity index (χ2v) is 7.86. The highest BCUT2D eigenvalue weighted by molar-refractivity contribution is 7.97. The van der Waals surface area contributed by atoms with E-state index >= 15 is 0 Å². The molecule has 6 atom stereocenters. The molecule has 1 fully saturated rings. The summed E-state index contributed by atoms with van der Waals surface area (Å²) in [6.45, 7) is -1.23. The molecule has 0 bridgehead atoms. The van der Waals surface area contributed by atoms with Crippen LogP contribution in [-0.4, -0.2) is 92.9 Å². The van der Waals surface area contributed by atoms with Crippen LogP contribution in [0.2, 0.25) is 0 Å². The lowest BCUT2D eigenvalue weighted by atomic mass is 10.2. The molecule has 9 nitrogen and oxygen atoms in total. The number of aliphatic hydroxyl groups excluding tert-OH is 5. The molecule has 11 heteroatoms. The molecule has 120 valence electrons. The fraction of sp³-hybridized carbons (Fsp3) is 1.00. The van der Waals surface area contributed by atoms with E-state index in [9.17, 15) is 23.7 Å². The lowest BCUT2D eigenvalue weighted by Gasteiger charge is -2.20. The van der Waals surface area contributed by atoms with Crippen molar-refractivity contribution < 1.29 is 42.7 Å². The van der Waals surface area contributed by atoms with Crippen molar-refractivity contribution in [2.24, 2.45) is 0 Å². The van der Waals surface area contributed by atoms with Crippen LogP contribution in [0.4, 0.5) is 0 Å². The van der Waals surface area contributed by atoms with Gasteiger partial charge in [-0.05, 0) is 0 Å². The Balaban J connectivity index is 2.66. The standard InChI is InChI=1S/C9H18O9S2/c10-1-7(18-20(15,16)17)5(12)3-19-4-6(13)9(14)8(19)2-11/h5-14H,1-4H2/p+1/t5-,6-,7+,8-,9+,19-/m1/s1. The van der Waals surface area contributed by atoms with E-state index in [2.05, 4.69) is 4.18 Å². The van der Waals surface area contributed by atoms with Gasteiger partial charge in [-0.25, -0.2) is 4.18 Å². The number of hydrogen-bond donors (Lipinski definition) is 6. The molecular weight excluding hydrogens is 316 g/mol. The first-order chi connectivity index (χ1) is 9.19. The average Bonchev–Trinajstić information content (AvgIpc) is 2.60. The van der Waals surface area contributed by atoms with Gasteiger partial charge in [-0.1, -0.05) is 0 Å². The molecule has 1 heterocycles. The summed E-state index contributed by atoms with van der Waals surface area (Å²) in [5.41, 5.74) is 0. The van der Waals surface area contributed by atoms with Gasteiger partial charge in [-0.3, -0.25) is 4.55 Å². The first-order valence-corrected chi connectivity index (χ1v) is 8.76. The zero-order chi connectivity index (χ0) is 15.5. The van der Waals surface area contributed by atoms with Crippen LogP contribution in [0, 0.1) is 0 Å². The van der Waals surface area contributed by atoms with Gasteiger partial charge < -0.3 is 25.5 Å². The second-order valence-electron chi connectivity index (χ2n) is 4.46. The summed E-state index contributed by atoms with van der Waals surface area (Å²) in [4.78, 5) is 0. The quantitative estimate of drug-likeness (QED) is 0.202. The molecule has 0 aromatic rings. The summed E-state index contributed by atoms with van der Waals surface area (Å²) in [5.74, 6) is 0.0631. The highest BCUT2D eigenvalue weighted by atomic mass is 32.3. The Morgan fingerprint density at radius 1 is 1.30 bits per heavy atom. The van der Waals surface area contributed by atoms with E-state index in [1.807, 2.05) is 0 Å². The first-order valence-electron chi connectivity index (χ1n) is 5.77. The molecule has 0 unspecified atom stereocenters. The normalized spacial score (nSPS) is 34.1. The summed E-state index contributed by atoms with van der Waals surface area (Å²) < 4.78 is 33.8. The fourth-order valence-corrected chi connectivity index (χ4v) is 5.20. The Hall–Kier alpha value is 0.0200. The van der Waals surface area contributed by atoms with Gasteiger partial charge >= 0.3 is 10.4 Å². The Morgan fingerprint density at radius 2 is 1.90 bits per heavy atom. The van der Waals surface area contributed by atoms with Crippen molar-refractivity contribution >= 4 is 21.3 Å². The minimum Gasteiger partial charge on any atom is -0.394 e. The highest BCUT2D eigenvalue weighted by Crippen LogP contribution is 2.25. The van der Waals surface area contributed by atoms with Crippen molar-refractivity contribution in [2.45, 2.75) is 29.7 Å². The maximum atomic E-state index is 10.6. The van der Waals surface area contributed by atoms with Crippen LogP contribution in [0.25, 0.3) is 0 Å². The lowest BCUT2D eigenvalue weighted by Crippen LogP contribution is -2.42. The summed E-state index contributed by atoms with van der Waals surface area (Å²) in [5, 5.41) is 46.4. The summed E-state index contributed by atoms with van der Waals surface area (Å²) >= 11 is 0. The minimum absolute atomic E-state index is 0.0832. The molecule has 0 amide bonds. The molecule has 6 N–H and O–H groups in total. The Bertz CT molecular complexity index is 400. The monoisotopic (exact) mass is 335 g/mol. The smallest absolute Gasteiger partial charge is 0.394 e. The molecule has 0 aromatic heterocycles. The molecule has 0 aliphatic carbocycles. The van der Waals surface area contributed by atoms with Crippen molar-refractivity contribution in [3.63, 3.8) is 0 Å². The molecule has 0 saturated carbocycles. The van der Waals surface area contributed by atoms with Crippen molar-refractivity contribution in [2.75, 3.05) is 24.7 Å². The largest absolute Gasteiger partial charge is 0.397 e. The number of hydrogen-bond acceptors (Lipinski definition) is 8. The number of rotatable bonds is 7. The zero-order valence-electron chi connectivity index (χ0n) is 10.4. The van der Waals surface area contributed by atoms with Crippen LogP contribution in [0.15, 0.2) is 0 Å². The summed E-state index contributed by atoms with van der Waals surface area (Å²) in [7, 11) is -5.59. The van der Waals surface area contributed by atoms with Crippen LogP contribution in [0.3, 0.4) is 0 Å². The van der Waals surface area contributed by atoms with Crippen LogP contribution in [0.5, 0.6) is 0 Å². The zero-order valence-corrected chi connectivity index (χ0v) is 12.1. The molecule has 0 spiro atoms. The molecule has 1 aliphatic heterocycles. The highest BCUT2D eigenvalue weighted by Gasteiger charge is 2.50. The van der Waals surface area contributed by atoms with E-state index in [-0.39, 0.29) is 11.5 Å². The van der Waals surface area contributed by atoms with Crippen LogP contribution in [0.1, 0.15) is 0 Å². The van der Waals surface area contributed by atoms with E-state index in [4.69, 9.17) is 14.8 Å². The lowest BCUT2D eigenvalue weighted by molar-refractivity contribution is 0.0112. The molecule has 0 radical (unpaired) electrons. The van der Waals surface area contributed by atoms with Gasteiger partial charge in [0.2, 0.25) is 0 Å². The van der Waals surface area contributed by atoms with E-state index < -0.39 is 64.2 Å². The molecule has 0 aromatic carbocycles. The van der Waals surface area contributed by atoms with Crippen molar-refractivity contribution in [3.05, 3.63) is 0 Å². The van der Waals surface area contributed by atoms with Gasteiger partial charge in [0.15, 0.2) is 5.25 Å². The third-order valence-corrected chi connectivity index (χ3v) is 6.32.